The molecule has 1 N–H and O–H groups in total. The lowest BCUT2D eigenvalue weighted by Gasteiger charge is -2.20. The fourth-order valence-corrected chi connectivity index (χ4v) is 2.53. The van der Waals surface area contributed by atoms with Gasteiger partial charge in [-0.2, -0.15) is 0 Å². The zero-order valence-corrected chi connectivity index (χ0v) is 13.5. The van der Waals surface area contributed by atoms with Crippen LogP contribution in [0.25, 0.3) is 21.8 Å². The number of esters is 1. The van der Waals surface area contributed by atoms with E-state index < -0.39 is 11.6 Å². The number of para-hydroxylation sites is 1. The molecular weight excluding hydrogens is 290 g/mol. The van der Waals surface area contributed by atoms with E-state index in [1.54, 1.807) is 12.1 Å². The summed E-state index contributed by atoms with van der Waals surface area (Å²) in [6.45, 7) is 5.34. The SMILES string of the molecule is CC(C)(C)OC(=O)c1cc(CO)cc2nc3ccccc3cc12. The molecule has 4 nitrogen and oxygen atoms in total. The van der Waals surface area contributed by atoms with Crippen molar-refractivity contribution < 1.29 is 14.6 Å². The molecule has 1 aromatic heterocycles. The van der Waals surface area contributed by atoms with Gasteiger partial charge < -0.3 is 9.84 Å². The van der Waals surface area contributed by atoms with Crippen LogP contribution in [-0.4, -0.2) is 21.7 Å². The highest BCUT2D eigenvalue weighted by atomic mass is 16.6. The summed E-state index contributed by atoms with van der Waals surface area (Å²) in [7, 11) is 0. The largest absolute Gasteiger partial charge is 0.456 e. The number of ether oxygens (including phenoxy) is 1. The van der Waals surface area contributed by atoms with Crippen LogP contribution in [0.1, 0.15) is 36.7 Å². The lowest BCUT2D eigenvalue weighted by molar-refractivity contribution is 0.00717. The minimum atomic E-state index is -0.580. The number of hydrogen-bond donors (Lipinski definition) is 1. The van der Waals surface area contributed by atoms with Crippen LogP contribution in [0.4, 0.5) is 0 Å². The van der Waals surface area contributed by atoms with Gasteiger partial charge in [0.1, 0.15) is 5.60 Å². The van der Waals surface area contributed by atoms with E-state index in [0.717, 1.165) is 16.3 Å². The Kier molecular flexibility index (Phi) is 3.78. The van der Waals surface area contributed by atoms with Crippen LogP contribution >= 0.6 is 0 Å². The van der Waals surface area contributed by atoms with E-state index in [2.05, 4.69) is 4.98 Å². The first-order chi connectivity index (χ1) is 10.9. The molecule has 4 heteroatoms. The van der Waals surface area contributed by atoms with Gasteiger partial charge in [-0.3, -0.25) is 0 Å². The lowest BCUT2D eigenvalue weighted by atomic mass is 10.0. The molecular formula is C19H19NO3. The highest BCUT2D eigenvalue weighted by molar-refractivity contribution is 6.07. The van der Waals surface area contributed by atoms with Gasteiger partial charge >= 0.3 is 5.97 Å². The Morgan fingerprint density at radius 1 is 1.13 bits per heavy atom. The fraction of sp³-hybridized carbons (Fsp3) is 0.263. The highest BCUT2D eigenvalue weighted by Gasteiger charge is 2.21. The number of fused-ring (bicyclic) bond motifs is 2. The van der Waals surface area contributed by atoms with Crippen molar-refractivity contribution in [1.82, 2.24) is 4.98 Å². The molecule has 0 amide bonds. The number of hydrogen-bond acceptors (Lipinski definition) is 4. The third-order valence-electron chi connectivity index (χ3n) is 3.50. The lowest BCUT2D eigenvalue weighted by Crippen LogP contribution is -2.24. The van der Waals surface area contributed by atoms with E-state index in [1.807, 2.05) is 51.1 Å². The van der Waals surface area contributed by atoms with E-state index in [0.29, 0.717) is 16.6 Å². The van der Waals surface area contributed by atoms with E-state index in [-0.39, 0.29) is 6.61 Å². The standard InChI is InChI=1S/C19H19NO3/c1-19(2,3)23-18(22)15-8-12(11-21)9-17-14(15)10-13-6-4-5-7-16(13)20-17/h4-10,21H,11H2,1-3H3. The number of aromatic nitrogens is 1. The molecule has 118 valence electrons. The van der Waals surface area contributed by atoms with Gasteiger partial charge in [0.25, 0.3) is 0 Å². The second-order valence-electron chi connectivity index (χ2n) is 6.55. The summed E-state index contributed by atoms with van der Waals surface area (Å²) in [6.07, 6.45) is 0. The summed E-state index contributed by atoms with van der Waals surface area (Å²) < 4.78 is 5.50. The summed E-state index contributed by atoms with van der Waals surface area (Å²) in [5.74, 6) is -0.408. The number of carbonyl (C=O) groups is 1. The molecule has 1 heterocycles. The second kappa shape index (κ2) is 5.63. The molecule has 3 rings (SSSR count). The van der Waals surface area contributed by atoms with E-state index >= 15 is 0 Å². The van der Waals surface area contributed by atoms with Gasteiger partial charge in [0.2, 0.25) is 0 Å². The third-order valence-corrected chi connectivity index (χ3v) is 3.50. The normalized spacial score (nSPS) is 11.8. The topological polar surface area (TPSA) is 59.4 Å². The molecule has 0 saturated heterocycles. The van der Waals surface area contributed by atoms with Crippen molar-refractivity contribution in [1.29, 1.82) is 0 Å². The van der Waals surface area contributed by atoms with Crippen molar-refractivity contribution in [2.45, 2.75) is 33.0 Å². The van der Waals surface area contributed by atoms with Gasteiger partial charge in [0.15, 0.2) is 0 Å². The molecule has 0 aliphatic carbocycles. The molecule has 0 aliphatic rings. The van der Waals surface area contributed by atoms with Gasteiger partial charge in [0.05, 0.1) is 23.2 Å². The Bertz CT molecular complexity index is 894. The maximum absolute atomic E-state index is 12.5. The van der Waals surface area contributed by atoms with Crippen LogP contribution in [0.3, 0.4) is 0 Å². The molecule has 23 heavy (non-hydrogen) atoms. The molecule has 0 saturated carbocycles. The first kappa shape index (κ1) is 15.4. The number of aliphatic hydroxyl groups is 1. The number of aliphatic hydroxyl groups excluding tert-OH is 1. The number of benzene rings is 2. The molecule has 3 aromatic rings. The van der Waals surface area contributed by atoms with Crippen molar-refractivity contribution in [3.05, 3.63) is 53.6 Å². The number of pyridine rings is 1. The van der Waals surface area contributed by atoms with Crippen LogP contribution in [0.5, 0.6) is 0 Å². The number of rotatable bonds is 2. The molecule has 0 atom stereocenters. The Morgan fingerprint density at radius 2 is 1.87 bits per heavy atom. The van der Waals surface area contributed by atoms with Gasteiger partial charge in [-0.15, -0.1) is 0 Å². The smallest absolute Gasteiger partial charge is 0.339 e. The van der Waals surface area contributed by atoms with Crippen molar-refractivity contribution in [2.24, 2.45) is 0 Å². The summed E-state index contributed by atoms with van der Waals surface area (Å²) in [5, 5.41) is 11.2. The first-order valence-corrected chi connectivity index (χ1v) is 7.54. The Hall–Kier alpha value is -2.46. The Labute approximate surface area is 134 Å². The minimum absolute atomic E-state index is 0.153. The summed E-state index contributed by atoms with van der Waals surface area (Å²) in [6, 6.07) is 13.2. The van der Waals surface area contributed by atoms with Gasteiger partial charge in [-0.1, -0.05) is 18.2 Å². The maximum Gasteiger partial charge on any atom is 0.339 e. The molecule has 0 radical (unpaired) electrons. The zero-order chi connectivity index (χ0) is 16.6. The highest BCUT2D eigenvalue weighted by Crippen LogP contribution is 2.26. The Morgan fingerprint density at radius 3 is 2.57 bits per heavy atom. The maximum atomic E-state index is 12.5. The zero-order valence-electron chi connectivity index (χ0n) is 13.5. The van der Waals surface area contributed by atoms with Gasteiger partial charge in [0, 0.05) is 10.8 Å². The van der Waals surface area contributed by atoms with Crippen LogP contribution in [0.15, 0.2) is 42.5 Å². The second-order valence-corrected chi connectivity index (χ2v) is 6.55. The van der Waals surface area contributed by atoms with Crippen LogP contribution in [0.2, 0.25) is 0 Å². The van der Waals surface area contributed by atoms with Crippen LogP contribution in [0, 0.1) is 0 Å². The number of carbonyl (C=O) groups excluding carboxylic acids is 1. The third kappa shape index (κ3) is 3.17. The average Bonchev–Trinajstić information content (AvgIpc) is 2.50. The van der Waals surface area contributed by atoms with Crippen molar-refractivity contribution in [2.75, 3.05) is 0 Å². The summed E-state index contributed by atoms with van der Waals surface area (Å²) in [5.41, 5.74) is 2.02. The fourth-order valence-electron chi connectivity index (χ4n) is 2.53. The molecule has 0 fully saturated rings. The minimum Gasteiger partial charge on any atom is -0.456 e. The van der Waals surface area contributed by atoms with Crippen LogP contribution in [-0.2, 0) is 11.3 Å². The number of nitrogens with zero attached hydrogens (tertiary/aromatic N) is 1. The molecule has 0 spiro atoms. The summed E-state index contributed by atoms with van der Waals surface area (Å²) >= 11 is 0. The van der Waals surface area contributed by atoms with Gasteiger partial charge in [-0.25, -0.2) is 9.78 Å². The molecule has 0 bridgehead atoms. The van der Waals surface area contributed by atoms with Crippen molar-refractivity contribution >= 4 is 27.8 Å². The summed E-state index contributed by atoms with van der Waals surface area (Å²) in [4.78, 5) is 17.2. The monoisotopic (exact) mass is 309 g/mol. The van der Waals surface area contributed by atoms with E-state index in [4.69, 9.17) is 4.74 Å². The Balaban J connectivity index is 2.25. The van der Waals surface area contributed by atoms with E-state index in [1.165, 1.54) is 0 Å². The quantitative estimate of drug-likeness (QED) is 0.577. The van der Waals surface area contributed by atoms with E-state index in [9.17, 15) is 9.90 Å². The molecule has 2 aromatic carbocycles. The first-order valence-electron chi connectivity index (χ1n) is 7.54. The average molecular weight is 309 g/mol. The van der Waals surface area contributed by atoms with Crippen LogP contribution < -0.4 is 0 Å². The van der Waals surface area contributed by atoms with Crippen molar-refractivity contribution in [3.63, 3.8) is 0 Å². The van der Waals surface area contributed by atoms with Crippen molar-refractivity contribution in [3.8, 4) is 0 Å². The predicted molar refractivity (Wildman–Crippen MR) is 90.3 cm³/mol. The van der Waals surface area contributed by atoms with Gasteiger partial charge in [-0.05, 0) is 50.6 Å². The molecule has 0 unspecified atom stereocenters. The predicted octanol–water partition coefficient (Wildman–Crippen LogP) is 3.84. The molecule has 0 aliphatic heterocycles.